The third kappa shape index (κ3) is 4.52. The zero-order valence-electron chi connectivity index (χ0n) is 15.1. The molecule has 0 aliphatic carbocycles. The third-order valence-corrected chi connectivity index (χ3v) is 5.96. The van der Waals surface area contributed by atoms with Crippen molar-refractivity contribution >= 4 is 44.9 Å². The molecule has 4 aromatic rings. The summed E-state index contributed by atoms with van der Waals surface area (Å²) >= 11 is 2.54. The van der Waals surface area contributed by atoms with Crippen LogP contribution in [0.15, 0.2) is 70.1 Å². The minimum Gasteiger partial charge on any atom is -0.325 e. The van der Waals surface area contributed by atoms with Crippen molar-refractivity contribution in [2.45, 2.75) is 11.7 Å². The lowest BCUT2D eigenvalue weighted by atomic mass is 10.3. The second-order valence-corrected chi connectivity index (χ2v) is 8.01. The van der Waals surface area contributed by atoms with Gasteiger partial charge in [0.25, 0.3) is 5.56 Å². The van der Waals surface area contributed by atoms with Crippen molar-refractivity contribution in [1.29, 1.82) is 0 Å². The van der Waals surface area contributed by atoms with Crippen molar-refractivity contribution in [3.05, 3.63) is 82.0 Å². The normalized spacial score (nSPS) is 10.9. The number of nitrogens with zero attached hydrogens (tertiary/aromatic N) is 2. The monoisotopic (exact) mass is 427 g/mol. The van der Waals surface area contributed by atoms with E-state index in [4.69, 9.17) is 0 Å². The molecule has 1 amide bonds. The number of fused-ring (bicyclic) bond motifs is 1. The number of H-pyrrole nitrogens is 1. The van der Waals surface area contributed by atoms with Crippen LogP contribution in [0.2, 0.25) is 0 Å². The number of carbonyl (C=O) groups is 1. The molecule has 146 valence electrons. The zero-order chi connectivity index (χ0) is 20.2. The fourth-order valence-corrected chi connectivity index (χ4v) is 4.31. The Morgan fingerprint density at radius 1 is 1.21 bits per heavy atom. The number of hydrogen-bond donors (Lipinski definition) is 1. The van der Waals surface area contributed by atoms with Crippen molar-refractivity contribution in [3.63, 3.8) is 0 Å². The molecule has 0 unspecified atom stereocenters. The van der Waals surface area contributed by atoms with E-state index in [1.807, 2.05) is 23.6 Å². The maximum absolute atomic E-state index is 13.0. The first-order chi connectivity index (χ1) is 14.1. The van der Waals surface area contributed by atoms with Crippen molar-refractivity contribution in [2.75, 3.05) is 11.1 Å². The van der Waals surface area contributed by atoms with Gasteiger partial charge in [-0.2, -0.15) is 0 Å². The molecule has 3 aromatic heterocycles. The van der Waals surface area contributed by atoms with Gasteiger partial charge in [0, 0.05) is 17.8 Å². The average molecular weight is 428 g/mol. The summed E-state index contributed by atoms with van der Waals surface area (Å²) in [6.45, 7) is 0.322. The molecule has 0 atom stereocenters. The number of carbonyl (C=O) groups excluding carboxylic acids is 1. The molecular weight excluding hydrogens is 411 g/mol. The van der Waals surface area contributed by atoms with Crippen LogP contribution in [0, 0.1) is 5.82 Å². The van der Waals surface area contributed by atoms with Gasteiger partial charge in [0.1, 0.15) is 17.1 Å². The molecule has 0 spiro atoms. The highest BCUT2D eigenvalue weighted by Crippen LogP contribution is 2.21. The van der Waals surface area contributed by atoms with Crippen LogP contribution in [0.4, 0.5) is 10.1 Å². The van der Waals surface area contributed by atoms with Gasteiger partial charge in [-0.25, -0.2) is 14.4 Å². The summed E-state index contributed by atoms with van der Waals surface area (Å²) in [4.78, 5) is 32.9. The van der Waals surface area contributed by atoms with Gasteiger partial charge in [0.05, 0.1) is 11.3 Å². The van der Waals surface area contributed by atoms with Gasteiger partial charge < -0.3 is 5.32 Å². The lowest BCUT2D eigenvalue weighted by Crippen LogP contribution is -2.26. The fourth-order valence-electron chi connectivity index (χ4n) is 2.73. The quantitative estimate of drug-likeness (QED) is 0.379. The molecule has 0 aliphatic heterocycles. The Morgan fingerprint density at radius 2 is 2.03 bits per heavy atom. The minimum atomic E-state index is -0.368. The molecular formula is C20H16FN4O2S2+. The Morgan fingerprint density at radius 3 is 2.79 bits per heavy atom. The maximum Gasteiger partial charge on any atom is 0.272 e. The molecule has 0 saturated heterocycles. The number of aromatic amines is 1. The van der Waals surface area contributed by atoms with Crippen LogP contribution in [-0.2, 0) is 11.3 Å². The molecule has 9 heteroatoms. The Hall–Kier alpha value is -3.04. The largest absolute Gasteiger partial charge is 0.325 e. The van der Waals surface area contributed by atoms with E-state index in [0.717, 1.165) is 5.69 Å². The lowest BCUT2D eigenvalue weighted by Gasteiger charge is -2.10. The Balaban J connectivity index is 1.57. The van der Waals surface area contributed by atoms with Crippen molar-refractivity contribution < 1.29 is 14.2 Å². The molecule has 6 nitrogen and oxygen atoms in total. The van der Waals surface area contributed by atoms with Gasteiger partial charge in [0.15, 0.2) is 17.0 Å². The van der Waals surface area contributed by atoms with Gasteiger partial charge >= 0.3 is 0 Å². The van der Waals surface area contributed by atoms with Crippen LogP contribution < -0.4 is 15.9 Å². The van der Waals surface area contributed by atoms with Crippen LogP contribution in [0.5, 0.6) is 0 Å². The van der Waals surface area contributed by atoms with Crippen LogP contribution >= 0.6 is 23.1 Å². The van der Waals surface area contributed by atoms with E-state index >= 15 is 0 Å². The number of nitrogens with one attached hydrogen (secondary N) is 2. The molecule has 0 aliphatic rings. The number of thioether (sulfide) groups is 1. The molecule has 4 rings (SSSR count). The summed E-state index contributed by atoms with van der Waals surface area (Å²) in [7, 11) is 0. The highest BCUT2D eigenvalue weighted by atomic mass is 32.2. The first-order valence-corrected chi connectivity index (χ1v) is 10.6. The molecule has 2 N–H and O–H groups in total. The number of rotatable bonds is 6. The summed E-state index contributed by atoms with van der Waals surface area (Å²) < 4.78 is 15.2. The zero-order valence-corrected chi connectivity index (χ0v) is 16.7. The highest BCUT2D eigenvalue weighted by molar-refractivity contribution is 7.99. The maximum atomic E-state index is 13.0. The molecule has 3 heterocycles. The van der Waals surface area contributed by atoms with Crippen molar-refractivity contribution in [1.82, 2.24) is 9.55 Å². The second-order valence-electron chi connectivity index (χ2n) is 6.15. The molecule has 0 bridgehead atoms. The van der Waals surface area contributed by atoms with E-state index in [2.05, 4.69) is 15.3 Å². The summed E-state index contributed by atoms with van der Waals surface area (Å²) in [5.41, 5.74) is 1.85. The highest BCUT2D eigenvalue weighted by Gasteiger charge is 2.16. The lowest BCUT2D eigenvalue weighted by molar-refractivity contribution is -0.391. The van der Waals surface area contributed by atoms with E-state index in [0.29, 0.717) is 27.6 Å². The van der Waals surface area contributed by atoms with Gasteiger partial charge in [-0.15, -0.1) is 11.3 Å². The number of pyridine rings is 1. The van der Waals surface area contributed by atoms with Gasteiger partial charge in [0.2, 0.25) is 5.91 Å². The van der Waals surface area contributed by atoms with Crippen LogP contribution in [0.25, 0.3) is 10.2 Å². The molecule has 0 radical (unpaired) electrons. The number of aromatic nitrogens is 3. The summed E-state index contributed by atoms with van der Waals surface area (Å²) in [5.74, 6) is -0.565. The van der Waals surface area contributed by atoms with Crippen molar-refractivity contribution in [3.8, 4) is 0 Å². The predicted octanol–water partition coefficient (Wildman–Crippen LogP) is 3.19. The first kappa shape index (κ1) is 19.3. The molecule has 0 fully saturated rings. The summed E-state index contributed by atoms with van der Waals surface area (Å²) in [6.07, 6.45) is 1.79. The number of thiophene rings is 1. The first-order valence-electron chi connectivity index (χ1n) is 8.72. The van der Waals surface area contributed by atoms with E-state index in [-0.39, 0.29) is 23.0 Å². The Kier molecular flexibility index (Phi) is 5.68. The minimum absolute atomic E-state index is 0.0674. The van der Waals surface area contributed by atoms with E-state index in [1.165, 1.54) is 47.4 Å². The van der Waals surface area contributed by atoms with Crippen molar-refractivity contribution in [2.24, 2.45) is 0 Å². The standard InChI is InChI=1S/C20H15FN4O2S2/c21-13-4-6-14(7-5-13)23-17(26)12-29-20-24-16-8-10-28-18(16)19(27)25(20)11-15-3-1-2-9-22-15/h1-10H,11-12H2,(H,23,26)/p+1. The van der Waals surface area contributed by atoms with E-state index in [9.17, 15) is 14.0 Å². The number of amides is 1. The predicted molar refractivity (Wildman–Crippen MR) is 112 cm³/mol. The number of anilines is 1. The summed E-state index contributed by atoms with van der Waals surface area (Å²) in [6, 6.07) is 13.0. The van der Waals surface area contributed by atoms with Gasteiger partial charge in [-0.1, -0.05) is 17.8 Å². The smallest absolute Gasteiger partial charge is 0.272 e. The van der Waals surface area contributed by atoms with Crippen LogP contribution in [0.3, 0.4) is 0 Å². The molecule has 1 aromatic carbocycles. The molecule has 29 heavy (non-hydrogen) atoms. The fraction of sp³-hybridized carbons (Fsp3) is 0.100. The Bertz CT molecular complexity index is 1210. The van der Waals surface area contributed by atoms with Gasteiger partial charge in [-0.05, 0) is 35.7 Å². The topological polar surface area (TPSA) is 78.1 Å². The van der Waals surface area contributed by atoms with E-state index < -0.39 is 0 Å². The van der Waals surface area contributed by atoms with Crippen LogP contribution in [0.1, 0.15) is 5.69 Å². The number of hydrogen-bond acceptors (Lipinski definition) is 5. The number of halogens is 1. The SMILES string of the molecule is O=C(CSc1nc2ccsc2c(=O)n1Cc1cccc[nH+]1)Nc1ccc(F)cc1. The van der Waals surface area contributed by atoms with Gasteiger partial charge in [-0.3, -0.25) is 14.2 Å². The summed E-state index contributed by atoms with van der Waals surface area (Å²) in [5, 5.41) is 5.00. The Labute approximate surface area is 173 Å². The second kappa shape index (κ2) is 8.54. The number of benzene rings is 1. The third-order valence-electron chi connectivity index (χ3n) is 4.09. The average Bonchev–Trinajstić information content (AvgIpc) is 3.20. The van der Waals surface area contributed by atoms with Crippen LogP contribution in [-0.4, -0.2) is 21.2 Å². The molecule has 0 saturated carbocycles. The van der Waals surface area contributed by atoms with E-state index in [1.54, 1.807) is 16.8 Å².